The van der Waals surface area contributed by atoms with Gasteiger partial charge in [0.15, 0.2) is 0 Å². The first-order valence-electron chi connectivity index (χ1n) is 7.55. The van der Waals surface area contributed by atoms with E-state index in [2.05, 4.69) is 17.9 Å². The van der Waals surface area contributed by atoms with Gasteiger partial charge in [-0.1, -0.05) is 11.6 Å². The van der Waals surface area contributed by atoms with Crippen LogP contribution in [0.25, 0.3) is 0 Å². The lowest BCUT2D eigenvalue weighted by Gasteiger charge is -2.47. The number of carbonyl (C=O) groups is 1. The molecule has 7 heteroatoms. The molecule has 3 atom stereocenters. The minimum absolute atomic E-state index is 0.203. The van der Waals surface area contributed by atoms with Gasteiger partial charge in [-0.2, -0.15) is 0 Å². The highest BCUT2D eigenvalue weighted by atomic mass is 35.5. The molecule has 1 aromatic rings. The van der Waals surface area contributed by atoms with Gasteiger partial charge in [0.2, 0.25) is 5.91 Å². The van der Waals surface area contributed by atoms with Crippen LogP contribution in [-0.4, -0.2) is 47.8 Å². The summed E-state index contributed by atoms with van der Waals surface area (Å²) in [4.78, 5) is 14.4. The smallest absolute Gasteiger partial charge is 0.247 e. The van der Waals surface area contributed by atoms with E-state index in [0.717, 1.165) is 36.8 Å². The molecule has 0 radical (unpaired) electrons. The van der Waals surface area contributed by atoms with Crippen molar-refractivity contribution in [2.45, 2.75) is 43.9 Å². The maximum Gasteiger partial charge on any atom is 0.247 e. The Kier molecular flexibility index (Phi) is 4.49. The van der Waals surface area contributed by atoms with Crippen molar-refractivity contribution >= 4 is 28.8 Å². The van der Waals surface area contributed by atoms with Crippen LogP contribution in [0.15, 0.2) is 6.07 Å². The number of rotatable bonds is 3. The molecule has 1 fully saturated rings. The number of aliphatic hydroxyl groups is 1. The van der Waals surface area contributed by atoms with E-state index in [4.69, 9.17) is 22.1 Å². The van der Waals surface area contributed by atoms with E-state index in [-0.39, 0.29) is 18.2 Å². The average molecular weight is 345 g/mol. The van der Waals surface area contributed by atoms with Gasteiger partial charge in [-0.05, 0) is 37.8 Å². The summed E-state index contributed by atoms with van der Waals surface area (Å²) in [6.07, 6.45) is 1.48. The van der Waals surface area contributed by atoms with E-state index >= 15 is 0 Å². The molecule has 3 heterocycles. The number of nitrogens with zero attached hydrogens (tertiary/aromatic N) is 1. The molecular formula is C15H21ClN2O3S. The third kappa shape index (κ3) is 2.90. The zero-order chi connectivity index (χ0) is 15.9. The van der Waals surface area contributed by atoms with Crippen molar-refractivity contribution in [3.05, 3.63) is 20.8 Å². The van der Waals surface area contributed by atoms with E-state index in [1.54, 1.807) is 11.3 Å². The van der Waals surface area contributed by atoms with Gasteiger partial charge in [0.05, 0.1) is 10.9 Å². The van der Waals surface area contributed by atoms with Crippen LogP contribution in [0.5, 0.6) is 0 Å². The third-order valence-electron chi connectivity index (χ3n) is 4.73. The summed E-state index contributed by atoms with van der Waals surface area (Å²) < 4.78 is 7.00. The van der Waals surface area contributed by atoms with Gasteiger partial charge in [0.1, 0.15) is 11.7 Å². The highest BCUT2D eigenvalue weighted by molar-refractivity contribution is 7.16. The summed E-state index contributed by atoms with van der Waals surface area (Å²) in [7, 11) is 0. The summed E-state index contributed by atoms with van der Waals surface area (Å²) in [5.41, 5.74) is 6.19. The van der Waals surface area contributed by atoms with Crippen LogP contribution in [0.1, 0.15) is 30.2 Å². The van der Waals surface area contributed by atoms with Crippen molar-refractivity contribution in [3.8, 4) is 0 Å². The van der Waals surface area contributed by atoms with Crippen molar-refractivity contribution in [2.24, 2.45) is 5.73 Å². The van der Waals surface area contributed by atoms with E-state index in [1.165, 1.54) is 10.4 Å². The van der Waals surface area contributed by atoms with Crippen molar-refractivity contribution in [3.63, 3.8) is 0 Å². The number of carbonyl (C=O) groups excluding carboxylic acids is 1. The van der Waals surface area contributed by atoms with Crippen LogP contribution in [0, 0.1) is 0 Å². The fourth-order valence-electron chi connectivity index (χ4n) is 3.56. The van der Waals surface area contributed by atoms with Crippen LogP contribution < -0.4 is 5.73 Å². The Morgan fingerprint density at radius 3 is 3.18 bits per heavy atom. The number of thiophene rings is 1. The number of aliphatic hydroxyl groups excluding tert-OH is 1. The summed E-state index contributed by atoms with van der Waals surface area (Å²) >= 11 is 7.81. The topological polar surface area (TPSA) is 75.8 Å². The fraction of sp³-hybridized carbons (Fsp3) is 0.667. The second-order valence-corrected chi connectivity index (χ2v) is 7.90. The summed E-state index contributed by atoms with van der Waals surface area (Å²) in [6, 6.07) is 2.26. The average Bonchev–Trinajstić information content (AvgIpc) is 2.84. The number of fused-ring (bicyclic) bond motifs is 2. The first-order valence-corrected chi connectivity index (χ1v) is 8.75. The van der Waals surface area contributed by atoms with E-state index in [9.17, 15) is 9.90 Å². The third-order valence-corrected chi connectivity index (χ3v) is 6.22. The normalized spacial score (nSPS) is 30.2. The highest BCUT2D eigenvalue weighted by Crippen LogP contribution is 2.47. The molecular weight excluding hydrogens is 324 g/mol. The lowest BCUT2D eigenvalue weighted by Crippen LogP contribution is -2.53. The molecule has 3 N–H and O–H groups in total. The Morgan fingerprint density at radius 2 is 2.50 bits per heavy atom. The standard InChI is InChI=1S/C15H21ClN2O3S/c1-9-7-15(3-4-18(9)8-11(19)14(17)20)13-10(2-5-21-15)6-12(16)22-13/h6,9,11,19H,2-5,7-8H2,1H3,(H2,17,20)/t9-,11-,15+/m0/s1. The van der Waals surface area contributed by atoms with Crippen LogP contribution >= 0.6 is 22.9 Å². The van der Waals surface area contributed by atoms with Crippen molar-refractivity contribution < 1.29 is 14.6 Å². The van der Waals surface area contributed by atoms with E-state index in [1.807, 2.05) is 0 Å². The predicted molar refractivity (Wildman–Crippen MR) is 86.1 cm³/mol. The lowest BCUT2D eigenvalue weighted by atomic mass is 9.82. The monoisotopic (exact) mass is 344 g/mol. The number of nitrogens with two attached hydrogens (primary N) is 1. The van der Waals surface area contributed by atoms with Crippen LogP contribution in [-0.2, 0) is 21.6 Å². The second kappa shape index (κ2) is 6.09. The molecule has 0 aromatic carbocycles. The largest absolute Gasteiger partial charge is 0.382 e. The Labute approximate surface area is 139 Å². The molecule has 0 bridgehead atoms. The van der Waals surface area contributed by atoms with Crippen molar-refractivity contribution in [2.75, 3.05) is 19.7 Å². The number of amides is 1. The van der Waals surface area contributed by atoms with Gasteiger partial charge in [0, 0.05) is 24.0 Å². The van der Waals surface area contributed by atoms with Gasteiger partial charge >= 0.3 is 0 Å². The number of ether oxygens (including phenoxy) is 1. The second-order valence-electron chi connectivity index (χ2n) is 6.21. The van der Waals surface area contributed by atoms with Crippen LogP contribution in [0.3, 0.4) is 0 Å². The molecule has 122 valence electrons. The highest BCUT2D eigenvalue weighted by Gasteiger charge is 2.45. The molecule has 2 aliphatic heterocycles. The predicted octanol–water partition coefficient (Wildman–Crippen LogP) is 1.50. The van der Waals surface area contributed by atoms with Crippen LogP contribution in [0.4, 0.5) is 0 Å². The number of likely N-dealkylation sites (tertiary alicyclic amines) is 1. The van der Waals surface area contributed by atoms with E-state index in [0.29, 0.717) is 0 Å². The summed E-state index contributed by atoms with van der Waals surface area (Å²) in [5, 5.41) is 9.70. The molecule has 0 unspecified atom stereocenters. The maximum absolute atomic E-state index is 11.0. The number of β-amino-alcohol motifs (C(OH)–C–C–N with tert-alkyl or cyclic N) is 1. The Hall–Kier alpha value is -0.660. The molecule has 1 saturated heterocycles. The first-order chi connectivity index (χ1) is 10.4. The number of halogens is 1. The summed E-state index contributed by atoms with van der Waals surface area (Å²) in [5.74, 6) is -0.672. The maximum atomic E-state index is 11.0. The molecule has 3 rings (SSSR count). The van der Waals surface area contributed by atoms with Gasteiger partial charge in [-0.3, -0.25) is 9.69 Å². The van der Waals surface area contributed by atoms with Gasteiger partial charge in [-0.25, -0.2) is 0 Å². The number of hydrogen-bond donors (Lipinski definition) is 2. The van der Waals surface area contributed by atoms with Crippen LogP contribution in [0.2, 0.25) is 4.34 Å². The molecule has 1 spiro atoms. The zero-order valence-corrected chi connectivity index (χ0v) is 14.1. The molecule has 5 nitrogen and oxygen atoms in total. The lowest BCUT2D eigenvalue weighted by molar-refractivity contribution is -0.131. The number of piperidine rings is 1. The van der Waals surface area contributed by atoms with Gasteiger partial charge in [0.25, 0.3) is 0 Å². The summed E-state index contributed by atoms with van der Waals surface area (Å²) in [6.45, 7) is 3.86. The van der Waals surface area contributed by atoms with Gasteiger partial charge in [-0.15, -0.1) is 11.3 Å². The minimum atomic E-state index is -1.12. The molecule has 1 aromatic heterocycles. The first kappa shape index (κ1) is 16.2. The SMILES string of the molecule is C[C@H]1C[C@@]2(CCN1C[C@H](O)C(N)=O)OCCc1cc(Cl)sc12. The Balaban J connectivity index is 1.76. The number of primary amides is 1. The van der Waals surface area contributed by atoms with Crippen molar-refractivity contribution in [1.29, 1.82) is 0 Å². The Bertz CT molecular complexity index is 579. The zero-order valence-electron chi connectivity index (χ0n) is 12.5. The Morgan fingerprint density at radius 1 is 1.73 bits per heavy atom. The van der Waals surface area contributed by atoms with Gasteiger partial charge < -0.3 is 15.6 Å². The molecule has 22 heavy (non-hydrogen) atoms. The minimum Gasteiger partial charge on any atom is -0.382 e. The number of hydrogen-bond acceptors (Lipinski definition) is 5. The van der Waals surface area contributed by atoms with E-state index < -0.39 is 12.0 Å². The molecule has 1 amide bonds. The molecule has 0 aliphatic carbocycles. The molecule has 0 saturated carbocycles. The van der Waals surface area contributed by atoms with Crippen molar-refractivity contribution in [1.82, 2.24) is 4.90 Å². The fourth-order valence-corrected chi connectivity index (χ4v) is 5.04. The quantitative estimate of drug-likeness (QED) is 0.871. The molecule has 2 aliphatic rings.